The fourth-order valence-corrected chi connectivity index (χ4v) is 2.15. The predicted molar refractivity (Wildman–Crippen MR) is 62.4 cm³/mol. The van der Waals surface area contributed by atoms with Gasteiger partial charge in [-0.2, -0.15) is 0 Å². The monoisotopic (exact) mass is 224 g/mol. The van der Waals surface area contributed by atoms with Gasteiger partial charge in [-0.3, -0.25) is 0 Å². The second kappa shape index (κ2) is 4.16. The summed E-state index contributed by atoms with van der Waals surface area (Å²) in [6.07, 6.45) is 0.929. The molecule has 4 heteroatoms. The van der Waals surface area contributed by atoms with Crippen molar-refractivity contribution in [1.82, 2.24) is 0 Å². The Kier molecular flexibility index (Phi) is 3.05. The number of fused-ring (bicyclic) bond motifs is 1. The van der Waals surface area contributed by atoms with Gasteiger partial charge in [-0.15, -0.1) is 0 Å². The Morgan fingerprint density at radius 2 is 2.27 bits per heavy atom. The highest BCUT2D eigenvalue weighted by molar-refractivity contribution is 6.61. The molecule has 0 aromatic heterocycles. The Balaban J connectivity index is 2.37. The van der Waals surface area contributed by atoms with E-state index < -0.39 is 7.12 Å². The molecule has 1 aromatic carbocycles. The van der Waals surface area contributed by atoms with Crippen molar-refractivity contribution in [2.75, 3.05) is 0 Å². The number of benzene rings is 1. The molecule has 0 bridgehead atoms. The van der Waals surface area contributed by atoms with Gasteiger partial charge in [0.25, 0.3) is 0 Å². The lowest BCUT2D eigenvalue weighted by atomic mass is 9.78. The van der Waals surface area contributed by atoms with Crippen LogP contribution >= 0.6 is 11.6 Å². The first kappa shape index (κ1) is 11.0. The molecule has 15 heavy (non-hydrogen) atoms. The molecule has 1 aromatic rings. The first-order valence-corrected chi connectivity index (χ1v) is 5.56. The van der Waals surface area contributed by atoms with E-state index in [9.17, 15) is 5.02 Å². The van der Waals surface area contributed by atoms with Crippen LogP contribution in [0.15, 0.2) is 12.1 Å². The number of halogens is 1. The van der Waals surface area contributed by atoms with E-state index in [-0.39, 0.29) is 0 Å². The van der Waals surface area contributed by atoms with Crippen LogP contribution in [0.4, 0.5) is 0 Å². The SMILES string of the molecule is CC(C)Cc1cc2c(cc1Cl)COB2O. The molecule has 0 atom stereocenters. The largest absolute Gasteiger partial charge is 0.491 e. The molecule has 2 nitrogen and oxygen atoms in total. The molecule has 0 radical (unpaired) electrons. The maximum absolute atomic E-state index is 9.57. The van der Waals surface area contributed by atoms with Crippen LogP contribution in [0.2, 0.25) is 5.02 Å². The highest BCUT2D eigenvalue weighted by Crippen LogP contribution is 2.22. The van der Waals surface area contributed by atoms with Gasteiger partial charge in [-0.05, 0) is 35.0 Å². The van der Waals surface area contributed by atoms with Crippen molar-refractivity contribution in [3.63, 3.8) is 0 Å². The molecule has 0 spiro atoms. The normalized spacial score (nSPS) is 14.9. The van der Waals surface area contributed by atoms with Crippen molar-refractivity contribution in [1.29, 1.82) is 0 Å². The van der Waals surface area contributed by atoms with Gasteiger partial charge < -0.3 is 9.68 Å². The second-order valence-corrected chi connectivity index (χ2v) is 4.81. The standard InChI is InChI=1S/C11H14BClO2/c1-7(2)3-8-4-10-9(5-11(8)13)6-15-12(10)14/h4-5,7,14H,3,6H2,1-2H3. The Hall–Kier alpha value is -0.505. The van der Waals surface area contributed by atoms with E-state index in [4.69, 9.17) is 16.3 Å². The number of rotatable bonds is 2. The minimum absolute atomic E-state index is 0.457. The molecular formula is C11H14BClO2. The van der Waals surface area contributed by atoms with Gasteiger partial charge >= 0.3 is 7.12 Å². The van der Waals surface area contributed by atoms with E-state index in [1.165, 1.54) is 0 Å². The third kappa shape index (κ3) is 2.20. The van der Waals surface area contributed by atoms with Crippen LogP contribution < -0.4 is 5.46 Å². The van der Waals surface area contributed by atoms with Gasteiger partial charge in [0.2, 0.25) is 0 Å². The van der Waals surface area contributed by atoms with Crippen LogP contribution in [0.25, 0.3) is 0 Å². The van der Waals surface area contributed by atoms with Gasteiger partial charge in [-0.1, -0.05) is 31.5 Å². The average Bonchev–Trinajstić information content (AvgIpc) is 2.48. The first-order valence-electron chi connectivity index (χ1n) is 5.18. The maximum atomic E-state index is 9.57. The van der Waals surface area contributed by atoms with Gasteiger partial charge in [0.05, 0.1) is 6.61 Å². The van der Waals surface area contributed by atoms with E-state index in [2.05, 4.69) is 13.8 Å². The van der Waals surface area contributed by atoms with E-state index in [1.54, 1.807) is 0 Å². The van der Waals surface area contributed by atoms with Gasteiger partial charge in [-0.25, -0.2) is 0 Å². The van der Waals surface area contributed by atoms with Crippen LogP contribution in [0, 0.1) is 5.92 Å². The summed E-state index contributed by atoms with van der Waals surface area (Å²) in [5, 5.41) is 10.3. The molecular weight excluding hydrogens is 210 g/mol. The zero-order valence-corrected chi connectivity index (χ0v) is 9.71. The summed E-state index contributed by atoms with van der Waals surface area (Å²) in [6, 6.07) is 3.88. The van der Waals surface area contributed by atoms with Crippen LogP contribution in [0.3, 0.4) is 0 Å². The fourth-order valence-electron chi connectivity index (χ4n) is 1.89. The minimum Gasteiger partial charge on any atom is -0.423 e. The summed E-state index contributed by atoms with van der Waals surface area (Å²) in [5.41, 5.74) is 2.96. The molecule has 1 heterocycles. The molecule has 1 N–H and O–H groups in total. The molecule has 80 valence electrons. The molecule has 0 fully saturated rings. The summed E-state index contributed by atoms with van der Waals surface area (Å²) in [6.45, 7) is 4.76. The van der Waals surface area contributed by atoms with Crippen LogP contribution in [0.5, 0.6) is 0 Å². The van der Waals surface area contributed by atoms with Crippen molar-refractivity contribution < 1.29 is 9.68 Å². The van der Waals surface area contributed by atoms with Crippen LogP contribution in [-0.4, -0.2) is 12.1 Å². The first-order chi connectivity index (χ1) is 7.08. The topological polar surface area (TPSA) is 29.5 Å². The van der Waals surface area contributed by atoms with E-state index in [0.717, 1.165) is 28.0 Å². The summed E-state index contributed by atoms with van der Waals surface area (Å²) in [5.74, 6) is 0.556. The maximum Gasteiger partial charge on any atom is 0.491 e. The Labute approximate surface area is 95.4 Å². The average molecular weight is 224 g/mol. The molecule has 0 aliphatic carbocycles. The lowest BCUT2D eigenvalue weighted by Crippen LogP contribution is -2.28. The molecule has 1 aliphatic heterocycles. The van der Waals surface area contributed by atoms with Gasteiger partial charge in [0.15, 0.2) is 0 Å². The smallest absolute Gasteiger partial charge is 0.423 e. The third-order valence-corrected chi connectivity index (χ3v) is 2.95. The highest BCUT2D eigenvalue weighted by atomic mass is 35.5. The molecule has 0 saturated heterocycles. The Morgan fingerprint density at radius 3 is 2.93 bits per heavy atom. The molecule has 1 aliphatic rings. The number of hydrogen-bond donors (Lipinski definition) is 1. The van der Waals surface area contributed by atoms with Crippen molar-refractivity contribution in [2.45, 2.75) is 26.9 Å². The zero-order valence-electron chi connectivity index (χ0n) is 8.96. The summed E-state index contributed by atoms with van der Waals surface area (Å²) in [7, 11) is -0.775. The molecule has 0 unspecified atom stereocenters. The third-order valence-electron chi connectivity index (χ3n) is 2.60. The lowest BCUT2D eigenvalue weighted by molar-refractivity contribution is 0.275. The van der Waals surface area contributed by atoms with Crippen molar-refractivity contribution >= 4 is 24.2 Å². The summed E-state index contributed by atoms with van der Waals surface area (Å²) < 4.78 is 5.14. The fraction of sp³-hybridized carbons (Fsp3) is 0.455. The quantitative estimate of drug-likeness (QED) is 0.776. The zero-order chi connectivity index (χ0) is 11.0. The molecule has 2 rings (SSSR count). The molecule has 0 amide bonds. The summed E-state index contributed by atoms with van der Waals surface area (Å²) >= 11 is 6.16. The van der Waals surface area contributed by atoms with Gasteiger partial charge in [0, 0.05) is 5.02 Å². The highest BCUT2D eigenvalue weighted by Gasteiger charge is 2.28. The predicted octanol–water partition coefficient (Wildman–Crippen LogP) is 1.76. The van der Waals surface area contributed by atoms with Crippen molar-refractivity contribution in [3.05, 3.63) is 28.3 Å². The van der Waals surface area contributed by atoms with Crippen molar-refractivity contribution in [2.24, 2.45) is 5.92 Å². The van der Waals surface area contributed by atoms with E-state index >= 15 is 0 Å². The van der Waals surface area contributed by atoms with E-state index in [1.807, 2.05) is 12.1 Å². The van der Waals surface area contributed by atoms with Crippen molar-refractivity contribution in [3.8, 4) is 0 Å². The second-order valence-electron chi connectivity index (χ2n) is 4.40. The Morgan fingerprint density at radius 1 is 1.53 bits per heavy atom. The minimum atomic E-state index is -0.775. The van der Waals surface area contributed by atoms with Crippen LogP contribution in [-0.2, 0) is 17.7 Å². The number of hydrogen-bond acceptors (Lipinski definition) is 2. The molecule has 0 saturated carbocycles. The van der Waals surface area contributed by atoms with Gasteiger partial charge in [0.1, 0.15) is 0 Å². The summed E-state index contributed by atoms with van der Waals surface area (Å²) in [4.78, 5) is 0. The lowest BCUT2D eigenvalue weighted by Gasteiger charge is -2.09. The van der Waals surface area contributed by atoms with E-state index in [0.29, 0.717) is 12.5 Å². The Bertz CT molecular complexity index is 379. The van der Waals surface area contributed by atoms with Crippen LogP contribution in [0.1, 0.15) is 25.0 Å².